The predicted octanol–water partition coefficient (Wildman–Crippen LogP) is 5.17. The van der Waals surface area contributed by atoms with Gasteiger partial charge in [-0.15, -0.1) is 0 Å². The Labute approximate surface area is 194 Å². The minimum absolute atomic E-state index is 0. The van der Waals surface area contributed by atoms with Gasteiger partial charge in [-0.2, -0.15) is 0 Å². The van der Waals surface area contributed by atoms with Crippen LogP contribution < -0.4 is 0 Å². The van der Waals surface area contributed by atoms with Gasteiger partial charge in [0.15, 0.2) is 0 Å². The summed E-state index contributed by atoms with van der Waals surface area (Å²) in [5.41, 5.74) is 2.78. The molecule has 0 aliphatic rings. The number of hydrogen-bond acceptors (Lipinski definition) is 6. The minimum atomic E-state index is 0. The maximum absolute atomic E-state index is 9.98. The molecule has 0 aromatic heterocycles. The second kappa shape index (κ2) is 13.7. The van der Waals surface area contributed by atoms with Gasteiger partial charge in [0.25, 0.3) is 0 Å². The fourth-order valence-corrected chi connectivity index (χ4v) is 3.29. The Hall–Kier alpha value is -2.50. The van der Waals surface area contributed by atoms with E-state index in [-0.39, 0.29) is 40.1 Å². The monoisotopic (exact) mass is 468 g/mol. The van der Waals surface area contributed by atoms with E-state index in [4.69, 9.17) is 0 Å². The van der Waals surface area contributed by atoms with Crippen molar-refractivity contribution in [3.05, 3.63) is 47.5 Å². The number of nitrogens with zero attached hydrogens (tertiary/aromatic N) is 2. The van der Waals surface area contributed by atoms with Crippen LogP contribution in [0.4, 0.5) is 0 Å². The van der Waals surface area contributed by atoms with Gasteiger partial charge >= 0.3 is 0 Å². The normalized spacial score (nSPS) is 11.9. The number of benzene rings is 2. The van der Waals surface area contributed by atoms with E-state index < -0.39 is 0 Å². The number of aromatic hydroxyl groups is 4. The molecule has 4 N–H and O–H groups in total. The van der Waals surface area contributed by atoms with E-state index in [2.05, 4.69) is 9.98 Å². The molecule has 0 atom stereocenters. The fourth-order valence-electron chi connectivity index (χ4n) is 3.29. The van der Waals surface area contributed by atoms with Crippen LogP contribution in [-0.2, 0) is 17.1 Å². The second-order valence-electron chi connectivity index (χ2n) is 7.18. The Morgan fingerprint density at radius 2 is 1.03 bits per heavy atom. The molecule has 31 heavy (non-hydrogen) atoms. The Morgan fingerprint density at radius 3 is 1.39 bits per heavy atom. The van der Waals surface area contributed by atoms with Crippen molar-refractivity contribution in [2.75, 3.05) is 13.1 Å². The molecule has 170 valence electrons. The number of aliphatic imine (C=N–C) groups is 2. The Kier molecular flexibility index (Phi) is 11.8. The van der Waals surface area contributed by atoms with Crippen LogP contribution in [-0.4, -0.2) is 44.9 Å². The summed E-state index contributed by atoms with van der Waals surface area (Å²) in [6, 6.07) is 8.98. The van der Waals surface area contributed by atoms with E-state index in [9.17, 15) is 20.4 Å². The number of unbranched alkanes of at least 4 members (excludes halogenated alkanes) is 3. The van der Waals surface area contributed by atoms with Crippen molar-refractivity contribution in [3.63, 3.8) is 0 Å². The van der Waals surface area contributed by atoms with Gasteiger partial charge < -0.3 is 20.4 Å². The van der Waals surface area contributed by atoms with Gasteiger partial charge in [-0.3, -0.25) is 9.98 Å². The van der Waals surface area contributed by atoms with Crippen LogP contribution in [0.1, 0.15) is 63.5 Å². The average Bonchev–Trinajstić information content (AvgIpc) is 2.74. The zero-order chi connectivity index (χ0) is 21.9. The van der Waals surface area contributed by atoms with Crippen molar-refractivity contribution in [3.8, 4) is 23.0 Å². The molecule has 7 heteroatoms. The van der Waals surface area contributed by atoms with Crippen molar-refractivity contribution >= 4 is 11.4 Å². The standard InChI is InChI=1S/C24H32N2O4.Fe/c1-3-21(19-15-17(27)9-11-23(19)29)25-13-7-5-6-8-14-26-22(4-2)20-16-18(28)10-12-24(20)30;/h9-12,15-16,27-30H,3-8,13-14H2,1-2H3;. The van der Waals surface area contributed by atoms with E-state index in [0.29, 0.717) is 37.1 Å². The summed E-state index contributed by atoms with van der Waals surface area (Å²) in [5, 5.41) is 39.2. The molecule has 0 spiro atoms. The molecule has 2 aromatic carbocycles. The van der Waals surface area contributed by atoms with Crippen LogP contribution >= 0.6 is 0 Å². The maximum Gasteiger partial charge on any atom is 0.124 e. The Bertz CT molecular complexity index is 824. The van der Waals surface area contributed by atoms with E-state index >= 15 is 0 Å². The van der Waals surface area contributed by atoms with Crippen molar-refractivity contribution in [1.29, 1.82) is 0 Å². The summed E-state index contributed by atoms with van der Waals surface area (Å²) < 4.78 is 0. The topological polar surface area (TPSA) is 106 Å². The molecule has 0 heterocycles. The van der Waals surface area contributed by atoms with E-state index in [1.165, 1.54) is 24.3 Å². The van der Waals surface area contributed by atoms with Crippen LogP contribution in [0.15, 0.2) is 46.4 Å². The van der Waals surface area contributed by atoms with Gasteiger partial charge in [-0.05, 0) is 62.1 Å². The molecule has 0 radical (unpaired) electrons. The minimum Gasteiger partial charge on any atom is -0.508 e. The van der Waals surface area contributed by atoms with Gasteiger partial charge in [0, 0.05) is 52.7 Å². The molecule has 0 aliphatic heterocycles. The van der Waals surface area contributed by atoms with Crippen molar-refractivity contribution in [1.82, 2.24) is 0 Å². The quantitative estimate of drug-likeness (QED) is 0.158. The summed E-state index contributed by atoms with van der Waals surface area (Å²) >= 11 is 0. The van der Waals surface area contributed by atoms with Crippen LogP contribution in [0.25, 0.3) is 0 Å². The maximum atomic E-state index is 9.98. The van der Waals surface area contributed by atoms with Crippen LogP contribution in [0.2, 0.25) is 0 Å². The Balaban J connectivity index is 0.00000480. The van der Waals surface area contributed by atoms with Gasteiger partial charge in [0.1, 0.15) is 23.0 Å². The molecule has 6 nitrogen and oxygen atoms in total. The first-order valence-corrected chi connectivity index (χ1v) is 10.6. The summed E-state index contributed by atoms with van der Waals surface area (Å²) in [7, 11) is 0. The molecule has 0 saturated heterocycles. The molecule has 2 rings (SSSR count). The third-order valence-corrected chi connectivity index (χ3v) is 4.92. The molecular formula is C24H32FeN2O4. The van der Waals surface area contributed by atoms with Crippen LogP contribution in [0.3, 0.4) is 0 Å². The number of phenolic OH excluding ortho intramolecular Hbond substituents is 4. The van der Waals surface area contributed by atoms with Gasteiger partial charge in [-0.25, -0.2) is 0 Å². The van der Waals surface area contributed by atoms with Gasteiger partial charge in [0.2, 0.25) is 0 Å². The zero-order valence-electron chi connectivity index (χ0n) is 18.2. The molecule has 0 bridgehead atoms. The average molecular weight is 468 g/mol. The van der Waals surface area contributed by atoms with E-state index in [1.807, 2.05) is 13.8 Å². The van der Waals surface area contributed by atoms with Crippen molar-refractivity contribution in [2.24, 2.45) is 9.98 Å². The van der Waals surface area contributed by atoms with Crippen molar-refractivity contribution < 1.29 is 37.5 Å². The molecular weight excluding hydrogens is 436 g/mol. The van der Waals surface area contributed by atoms with Crippen LogP contribution in [0, 0.1) is 0 Å². The van der Waals surface area contributed by atoms with Crippen LogP contribution in [0.5, 0.6) is 23.0 Å². The first-order chi connectivity index (χ1) is 14.5. The van der Waals surface area contributed by atoms with E-state index in [1.54, 1.807) is 12.1 Å². The van der Waals surface area contributed by atoms with Gasteiger partial charge in [0.05, 0.1) is 0 Å². The second-order valence-corrected chi connectivity index (χ2v) is 7.18. The molecule has 0 amide bonds. The first kappa shape index (κ1) is 26.5. The first-order valence-electron chi connectivity index (χ1n) is 10.6. The van der Waals surface area contributed by atoms with Crippen molar-refractivity contribution in [2.45, 2.75) is 52.4 Å². The summed E-state index contributed by atoms with van der Waals surface area (Å²) in [4.78, 5) is 9.20. The number of phenols is 4. The van der Waals surface area contributed by atoms with Gasteiger partial charge in [-0.1, -0.05) is 26.7 Å². The third kappa shape index (κ3) is 8.27. The summed E-state index contributed by atoms with van der Waals surface area (Å²) in [5.74, 6) is 0.511. The number of rotatable bonds is 11. The molecule has 0 fully saturated rings. The van der Waals surface area contributed by atoms with E-state index in [0.717, 1.165) is 37.1 Å². The Morgan fingerprint density at radius 1 is 0.645 bits per heavy atom. The molecule has 0 unspecified atom stereocenters. The summed E-state index contributed by atoms with van der Waals surface area (Å²) in [6.45, 7) is 5.32. The zero-order valence-corrected chi connectivity index (χ0v) is 19.3. The molecule has 0 aliphatic carbocycles. The molecule has 0 saturated carbocycles. The molecule has 2 aromatic rings. The number of hydrogen-bond donors (Lipinski definition) is 4. The third-order valence-electron chi connectivity index (χ3n) is 4.92. The smallest absolute Gasteiger partial charge is 0.124 e. The SMILES string of the molecule is CCC(=NCCCCCCN=C(CC)c1cc(O)ccc1O)c1cc(O)ccc1O.[Fe]. The fraction of sp³-hybridized carbons (Fsp3) is 0.417. The predicted molar refractivity (Wildman–Crippen MR) is 121 cm³/mol. The largest absolute Gasteiger partial charge is 0.508 e. The summed E-state index contributed by atoms with van der Waals surface area (Å²) in [6.07, 6.45) is 5.32.